The Bertz CT molecular complexity index is 453. The topological polar surface area (TPSA) is 67.7 Å². The Balaban J connectivity index is 1.54. The molecule has 0 radical (unpaired) electrons. The summed E-state index contributed by atoms with van der Waals surface area (Å²) in [5.41, 5.74) is 2.30. The van der Waals surface area contributed by atoms with E-state index in [1.165, 1.54) is 5.56 Å². The molecule has 96 valence electrons. The van der Waals surface area contributed by atoms with E-state index in [0.717, 1.165) is 31.7 Å². The number of hydrogen-bond acceptors (Lipinski definition) is 5. The van der Waals surface area contributed by atoms with Gasteiger partial charge in [0.25, 0.3) is 0 Å². The average Bonchev–Trinajstić information content (AvgIpc) is 2.81. The molecule has 2 aromatic rings. The van der Waals surface area contributed by atoms with Gasteiger partial charge in [0.2, 0.25) is 0 Å². The van der Waals surface area contributed by atoms with Crippen LogP contribution in [0.5, 0.6) is 0 Å². The van der Waals surface area contributed by atoms with Gasteiger partial charge in [-0.15, -0.1) is 0 Å². The minimum atomic E-state index is 0.801. The predicted octanol–water partition coefficient (Wildman–Crippen LogP) is 0.0895. The van der Waals surface area contributed by atoms with Crippen LogP contribution >= 0.6 is 0 Å². The quantitative estimate of drug-likeness (QED) is 0.678. The Hall–Kier alpha value is -1.79. The average molecular weight is 246 g/mol. The van der Waals surface area contributed by atoms with Crippen molar-refractivity contribution >= 4 is 0 Å². The Morgan fingerprint density at radius 2 is 1.67 bits per heavy atom. The summed E-state index contributed by atoms with van der Waals surface area (Å²) in [6.07, 6.45) is 9.08. The van der Waals surface area contributed by atoms with E-state index in [1.807, 2.05) is 36.5 Å². The molecule has 6 nitrogen and oxygen atoms in total. The molecule has 6 heteroatoms. The zero-order valence-electron chi connectivity index (χ0n) is 10.5. The maximum atomic E-state index is 4.12. The van der Waals surface area contributed by atoms with Crippen LogP contribution in [0.2, 0.25) is 0 Å². The summed E-state index contributed by atoms with van der Waals surface area (Å²) >= 11 is 0. The molecule has 0 aliphatic heterocycles. The van der Waals surface area contributed by atoms with E-state index in [4.69, 9.17) is 0 Å². The minimum absolute atomic E-state index is 0.801. The van der Waals surface area contributed by atoms with Gasteiger partial charge in [0.15, 0.2) is 0 Å². The van der Waals surface area contributed by atoms with Gasteiger partial charge in [0.05, 0.1) is 6.20 Å². The fourth-order valence-corrected chi connectivity index (χ4v) is 1.63. The van der Waals surface area contributed by atoms with Crippen LogP contribution in [0.3, 0.4) is 0 Å². The Labute approximate surface area is 106 Å². The van der Waals surface area contributed by atoms with Gasteiger partial charge in [-0.05, 0) is 0 Å². The first-order valence-electron chi connectivity index (χ1n) is 5.97. The lowest BCUT2D eigenvalue weighted by molar-refractivity contribution is 0.609. The summed E-state index contributed by atoms with van der Waals surface area (Å²) in [6.45, 7) is 3.48. The Morgan fingerprint density at radius 1 is 1.00 bits per heavy atom. The summed E-state index contributed by atoms with van der Waals surface area (Å²) in [4.78, 5) is 7.93. The van der Waals surface area contributed by atoms with Crippen molar-refractivity contribution in [3.8, 4) is 0 Å². The van der Waals surface area contributed by atoms with Gasteiger partial charge in [0.1, 0.15) is 6.33 Å². The van der Waals surface area contributed by atoms with E-state index in [-0.39, 0.29) is 0 Å². The summed E-state index contributed by atoms with van der Waals surface area (Å²) in [6, 6.07) is 0. The highest BCUT2D eigenvalue weighted by molar-refractivity contribution is 5.03. The van der Waals surface area contributed by atoms with Crippen molar-refractivity contribution in [3.63, 3.8) is 0 Å². The molecule has 0 atom stereocenters. The monoisotopic (exact) mass is 246 g/mol. The smallest absolute Gasteiger partial charge is 0.115 e. The van der Waals surface area contributed by atoms with Crippen molar-refractivity contribution in [1.29, 1.82) is 0 Å². The highest BCUT2D eigenvalue weighted by Crippen LogP contribution is 1.94. The number of aromatic nitrogens is 4. The normalized spacial score (nSPS) is 10.7. The van der Waals surface area contributed by atoms with Crippen LogP contribution in [-0.4, -0.2) is 32.8 Å². The molecule has 18 heavy (non-hydrogen) atoms. The van der Waals surface area contributed by atoms with E-state index < -0.39 is 0 Å². The second-order valence-corrected chi connectivity index (χ2v) is 4.12. The lowest BCUT2D eigenvalue weighted by atomic mass is 10.3. The number of nitrogens with one attached hydrogen (secondary N) is 2. The second-order valence-electron chi connectivity index (χ2n) is 4.12. The van der Waals surface area contributed by atoms with Crippen molar-refractivity contribution in [1.82, 2.24) is 30.4 Å². The van der Waals surface area contributed by atoms with Crippen molar-refractivity contribution in [2.24, 2.45) is 7.05 Å². The van der Waals surface area contributed by atoms with Crippen LogP contribution in [0.15, 0.2) is 31.1 Å². The molecule has 0 saturated carbocycles. The zero-order chi connectivity index (χ0) is 12.6. The van der Waals surface area contributed by atoms with Crippen LogP contribution in [0.25, 0.3) is 0 Å². The standard InChI is InChI=1S/C12H18N6/c1-18-9-12(8-17-18)7-14-3-2-13-4-11-5-15-10-16-6-11/h5-6,8-10,13-14H,2-4,7H2,1H3. The number of aryl methyl sites for hydroxylation is 1. The van der Waals surface area contributed by atoms with E-state index in [9.17, 15) is 0 Å². The fourth-order valence-electron chi connectivity index (χ4n) is 1.63. The molecule has 2 aromatic heterocycles. The number of hydrogen-bond donors (Lipinski definition) is 2. The summed E-state index contributed by atoms with van der Waals surface area (Å²) < 4.78 is 1.81. The Morgan fingerprint density at radius 3 is 2.28 bits per heavy atom. The predicted molar refractivity (Wildman–Crippen MR) is 68.7 cm³/mol. The summed E-state index contributed by atoms with van der Waals surface area (Å²) in [7, 11) is 1.92. The van der Waals surface area contributed by atoms with Gasteiger partial charge in [-0.25, -0.2) is 9.97 Å². The molecule has 2 rings (SSSR count). The largest absolute Gasteiger partial charge is 0.311 e. The molecule has 0 unspecified atom stereocenters. The third kappa shape index (κ3) is 4.23. The van der Waals surface area contributed by atoms with Crippen molar-refractivity contribution in [2.45, 2.75) is 13.1 Å². The van der Waals surface area contributed by atoms with Crippen LogP contribution in [0.1, 0.15) is 11.1 Å². The second kappa shape index (κ2) is 6.83. The van der Waals surface area contributed by atoms with Crippen LogP contribution < -0.4 is 10.6 Å². The maximum Gasteiger partial charge on any atom is 0.115 e. The highest BCUT2D eigenvalue weighted by Gasteiger charge is 1.95. The van der Waals surface area contributed by atoms with Crippen LogP contribution in [0, 0.1) is 0 Å². The van der Waals surface area contributed by atoms with E-state index in [1.54, 1.807) is 6.33 Å². The highest BCUT2D eigenvalue weighted by atomic mass is 15.2. The molecule has 2 heterocycles. The first-order valence-corrected chi connectivity index (χ1v) is 5.97. The molecule has 0 aliphatic carbocycles. The summed E-state index contributed by atoms with van der Waals surface area (Å²) in [5, 5.41) is 10.8. The van der Waals surface area contributed by atoms with E-state index in [0.29, 0.717) is 0 Å². The molecule has 0 bridgehead atoms. The van der Waals surface area contributed by atoms with Crippen LogP contribution in [0.4, 0.5) is 0 Å². The van der Waals surface area contributed by atoms with Gasteiger partial charge in [-0.3, -0.25) is 4.68 Å². The van der Waals surface area contributed by atoms with E-state index in [2.05, 4.69) is 25.7 Å². The maximum absolute atomic E-state index is 4.12. The number of rotatable bonds is 7. The molecular formula is C12H18N6. The fraction of sp³-hybridized carbons (Fsp3) is 0.417. The van der Waals surface area contributed by atoms with Crippen LogP contribution in [-0.2, 0) is 20.1 Å². The van der Waals surface area contributed by atoms with Crippen molar-refractivity contribution in [3.05, 3.63) is 42.2 Å². The third-order valence-corrected chi connectivity index (χ3v) is 2.51. The van der Waals surface area contributed by atoms with Crippen molar-refractivity contribution < 1.29 is 0 Å². The van der Waals surface area contributed by atoms with Gasteiger partial charge in [0, 0.05) is 62.9 Å². The summed E-state index contributed by atoms with van der Waals surface area (Å²) in [5.74, 6) is 0. The number of nitrogens with zero attached hydrogens (tertiary/aromatic N) is 4. The molecule has 0 aromatic carbocycles. The third-order valence-electron chi connectivity index (χ3n) is 2.51. The zero-order valence-corrected chi connectivity index (χ0v) is 10.5. The Kier molecular flexibility index (Phi) is 4.80. The van der Waals surface area contributed by atoms with Gasteiger partial charge < -0.3 is 10.6 Å². The van der Waals surface area contributed by atoms with Gasteiger partial charge in [-0.1, -0.05) is 0 Å². The molecule has 0 fully saturated rings. The van der Waals surface area contributed by atoms with Gasteiger partial charge >= 0.3 is 0 Å². The lowest BCUT2D eigenvalue weighted by Gasteiger charge is -2.05. The lowest BCUT2D eigenvalue weighted by Crippen LogP contribution is -2.26. The van der Waals surface area contributed by atoms with Crippen molar-refractivity contribution in [2.75, 3.05) is 13.1 Å². The molecule has 0 aliphatic rings. The van der Waals surface area contributed by atoms with Gasteiger partial charge in [-0.2, -0.15) is 5.10 Å². The molecule has 0 amide bonds. The SMILES string of the molecule is Cn1cc(CNCCNCc2cncnc2)cn1. The minimum Gasteiger partial charge on any atom is -0.311 e. The van der Waals surface area contributed by atoms with E-state index >= 15 is 0 Å². The molecule has 0 saturated heterocycles. The molecular weight excluding hydrogens is 228 g/mol. The first-order chi connectivity index (χ1) is 8.84. The molecule has 0 spiro atoms. The molecule has 2 N–H and O–H groups in total. The first kappa shape index (κ1) is 12.7.